The first-order valence-corrected chi connectivity index (χ1v) is 5.83. The summed E-state index contributed by atoms with van der Waals surface area (Å²) in [7, 11) is 3.39. The third kappa shape index (κ3) is 3.57. The summed E-state index contributed by atoms with van der Waals surface area (Å²) >= 11 is 0. The van der Waals surface area contributed by atoms with Crippen molar-refractivity contribution in [3.63, 3.8) is 0 Å². The molecule has 0 radical (unpaired) electrons. The lowest BCUT2D eigenvalue weighted by atomic mass is 10.1. The molecule has 1 rings (SSSR count). The molecule has 0 heterocycles. The molecule has 0 saturated heterocycles. The smallest absolute Gasteiger partial charge is 0.292 e. The number of rotatable bonds is 5. The van der Waals surface area contributed by atoms with Crippen molar-refractivity contribution in [2.45, 2.75) is 6.92 Å². The first kappa shape index (κ1) is 14.7. The molecule has 0 aliphatic carbocycles. The zero-order valence-electron chi connectivity index (χ0n) is 11.2. The molecule has 0 aliphatic rings. The van der Waals surface area contributed by atoms with Crippen LogP contribution < -0.4 is 16.0 Å². The maximum absolute atomic E-state index is 11.4. The van der Waals surface area contributed by atoms with Gasteiger partial charge in [-0.15, -0.1) is 0 Å². The van der Waals surface area contributed by atoms with Crippen LogP contribution in [0.4, 0.5) is 17.1 Å². The highest BCUT2D eigenvalue weighted by Crippen LogP contribution is 2.26. The third-order valence-corrected chi connectivity index (χ3v) is 2.89. The lowest BCUT2D eigenvalue weighted by Gasteiger charge is -2.22. The summed E-state index contributed by atoms with van der Waals surface area (Å²) in [5.74, 6) is -0.242. The summed E-state index contributed by atoms with van der Waals surface area (Å²) in [4.78, 5) is 23.4. The molecular formula is C12H18N4O3. The van der Waals surface area contributed by atoms with Gasteiger partial charge in [-0.05, 0) is 12.1 Å². The van der Waals surface area contributed by atoms with E-state index < -0.39 is 4.92 Å². The van der Waals surface area contributed by atoms with Gasteiger partial charge in [0.05, 0.1) is 10.8 Å². The van der Waals surface area contributed by atoms with Crippen LogP contribution in [0.1, 0.15) is 6.92 Å². The maximum atomic E-state index is 11.4. The fourth-order valence-corrected chi connectivity index (χ4v) is 1.79. The highest BCUT2D eigenvalue weighted by molar-refractivity contribution is 5.78. The second-order valence-electron chi connectivity index (χ2n) is 4.40. The number of benzene rings is 1. The van der Waals surface area contributed by atoms with Gasteiger partial charge in [-0.3, -0.25) is 14.9 Å². The van der Waals surface area contributed by atoms with E-state index in [1.54, 1.807) is 20.2 Å². The van der Waals surface area contributed by atoms with Gasteiger partial charge in [-0.1, -0.05) is 6.92 Å². The molecule has 0 saturated carbocycles. The van der Waals surface area contributed by atoms with E-state index >= 15 is 0 Å². The molecule has 0 fully saturated rings. The van der Waals surface area contributed by atoms with E-state index in [1.165, 1.54) is 12.1 Å². The van der Waals surface area contributed by atoms with Crippen LogP contribution in [0.5, 0.6) is 0 Å². The van der Waals surface area contributed by atoms with Gasteiger partial charge in [-0.25, -0.2) is 0 Å². The van der Waals surface area contributed by atoms with Crippen molar-refractivity contribution >= 4 is 23.0 Å². The fourth-order valence-electron chi connectivity index (χ4n) is 1.79. The van der Waals surface area contributed by atoms with Crippen LogP contribution >= 0.6 is 0 Å². The van der Waals surface area contributed by atoms with Crippen LogP contribution in [0.25, 0.3) is 0 Å². The highest BCUT2D eigenvalue weighted by Gasteiger charge is 2.16. The lowest BCUT2D eigenvalue weighted by Crippen LogP contribution is -2.34. The van der Waals surface area contributed by atoms with Crippen LogP contribution in [0, 0.1) is 16.0 Å². The highest BCUT2D eigenvalue weighted by atomic mass is 16.6. The van der Waals surface area contributed by atoms with Gasteiger partial charge >= 0.3 is 0 Å². The predicted molar refractivity (Wildman–Crippen MR) is 74.0 cm³/mol. The zero-order chi connectivity index (χ0) is 14.6. The number of hydrogen-bond acceptors (Lipinski definition) is 5. The number of carbonyl (C=O) groups is 1. The number of nitro benzene ring substituents is 1. The van der Waals surface area contributed by atoms with Gasteiger partial charge in [0.15, 0.2) is 0 Å². The van der Waals surface area contributed by atoms with Crippen LogP contribution in [0.2, 0.25) is 0 Å². The van der Waals surface area contributed by atoms with E-state index in [9.17, 15) is 14.9 Å². The van der Waals surface area contributed by atoms with Gasteiger partial charge in [0, 0.05) is 32.4 Å². The summed E-state index contributed by atoms with van der Waals surface area (Å²) in [6, 6.07) is 4.52. The molecule has 0 aromatic heterocycles. The normalized spacial score (nSPS) is 11.7. The molecule has 0 bridgehead atoms. The lowest BCUT2D eigenvalue weighted by molar-refractivity contribution is -0.383. The molecule has 19 heavy (non-hydrogen) atoms. The first-order valence-electron chi connectivity index (χ1n) is 5.83. The molecule has 1 amide bonds. The van der Waals surface area contributed by atoms with E-state index in [1.807, 2.05) is 11.8 Å². The zero-order valence-corrected chi connectivity index (χ0v) is 11.2. The van der Waals surface area contributed by atoms with Crippen molar-refractivity contribution in [3.8, 4) is 0 Å². The monoisotopic (exact) mass is 266 g/mol. The number of amides is 1. The number of carbonyl (C=O) groups excluding carboxylic acids is 1. The van der Waals surface area contributed by atoms with Crippen molar-refractivity contribution in [2.24, 2.45) is 5.92 Å². The van der Waals surface area contributed by atoms with E-state index in [4.69, 9.17) is 5.73 Å². The van der Waals surface area contributed by atoms with Gasteiger partial charge in [-0.2, -0.15) is 0 Å². The SMILES string of the molecule is CNC(=O)C(C)CN(C)c1ccc([N+](=O)[O-])c(N)c1. The van der Waals surface area contributed by atoms with Gasteiger partial charge in [0.2, 0.25) is 5.91 Å². The number of hydrogen-bond donors (Lipinski definition) is 2. The molecule has 0 aliphatic heterocycles. The van der Waals surface area contributed by atoms with Crippen LogP contribution in [0.3, 0.4) is 0 Å². The standard InChI is InChI=1S/C12H18N4O3/c1-8(12(17)14-2)7-15(3)9-4-5-11(16(18)19)10(13)6-9/h4-6,8H,7,13H2,1-3H3,(H,14,17). The Balaban J connectivity index is 2.83. The number of nitro groups is 1. The second kappa shape index (κ2) is 6.03. The van der Waals surface area contributed by atoms with Gasteiger partial charge in [0.1, 0.15) is 5.69 Å². The molecule has 0 spiro atoms. The summed E-state index contributed by atoms with van der Waals surface area (Å²) in [5, 5.41) is 13.2. The van der Waals surface area contributed by atoms with Crippen LogP contribution in [-0.4, -0.2) is 31.5 Å². The molecule has 7 heteroatoms. The van der Waals surface area contributed by atoms with E-state index in [-0.39, 0.29) is 23.2 Å². The molecule has 1 aromatic carbocycles. The van der Waals surface area contributed by atoms with Crippen molar-refractivity contribution in [2.75, 3.05) is 31.3 Å². The first-order chi connectivity index (χ1) is 8.86. The van der Waals surface area contributed by atoms with Crippen LogP contribution in [-0.2, 0) is 4.79 Å². The molecular weight excluding hydrogens is 248 g/mol. The number of nitrogens with zero attached hydrogens (tertiary/aromatic N) is 2. The minimum absolute atomic E-state index is 0.0540. The number of anilines is 2. The Bertz CT molecular complexity index is 490. The quantitative estimate of drug-likeness (QED) is 0.470. The molecule has 3 N–H and O–H groups in total. The van der Waals surface area contributed by atoms with Gasteiger partial charge < -0.3 is 16.0 Å². The number of nitrogen functional groups attached to an aromatic ring is 1. The average molecular weight is 266 g/mol. The van der Waals surface area contributed by atoms with E-state index in [2.05, 4.69) is 5.32 Å². The Hall–Kier alpha value is -2.31. The molecule has 1 aromatic rings. The van der Waals surface area contributed by atoms with E-state index in [0.717, 1.165) is 5.69 Å². The average Bonchev–Trinajstić information content (AvgIpc) is 2.36. The Morgan fingerprint density at radius 2 is 2.21 bits per heavy atom. The Morgan fingerprint density at radius 1 is 1.58 bits per heavy atom. The Labute approximate surface area is 111 Å². The maximum Gasteiger partial charge on any atom is 0.292 e. The summed E-state index contributed by atoms with van der Waals surface area (Å²) in [6.45, 7) is 2.31. The molecule has 1 unspecified atom stereocenters. The molecule has 1 atom stereocenters. The minimum Gasteiger partial charge on any atom is -0.393 e. The Morgan fingerprint density at radius 3 is 2.68 bits per heavy atom. The second-order valence-corrected chi connectivity index (χ2v) is 4.40. The van der Waals surface area contributed by atoms with Crippen molar-refractivity contribution < 1.29 is 9.72 Å². The predicted octanol–water partition coefficient (Wildman–Crippen LogP) is 0.995. The van der Waals surface area contributed by atoms with Crippen molar-refractivity contribution in [3.05, 3.63) is 28.3 Å². The summed E-state index contributed by atoms with van der Waals surface area (Å²) in [6.07, 6.45) is 0. The van der Waals surface area contributed by atoms with E-state index in [0.29, 0.717) is 6.54 Å². The minimum atomic E-state index is -0.522. The molecule has 7 nitrogen and oxygen atoms in total. The molecule has 104 valence electrons. The van der Waals surface area contributed by atoms with Gasteiger partial charge in [0.25, 0.3) is 5.69 Å². The third-order valence-electron chi connectivity index (χ3n) is 2.89. The fraction of sp³-hybridized carbons (Fsp3) is 0.417. The Kier molecular flexibility index (Phi) is 4.68. The van der Waals surface area contributed by atoms with Crippen molar-refractivity contribution in [1.82, 2.24) is 5.32 Å². The summed E-state index contributed by atoms with van der Waals surface area (Å²) < 4.78 is 0. The number of nitrogens with two attached hydrogens (primary N) is 1. The summed E-state index contributed by atoms with van der Waals surface area (Å²) in [5.41, 5.74) is 6.36. The largest absolute Gasteiger partial charge is 0.393 e. The van der Waals surface area contributed by atoms with Crippen molar-refractivity contribution in [1.29, 1.82) is 0 Å². The van der Waals surface area contributed by atoms with Crippen LogP contribution in [0.15, 0.2) is 18.2 Å². The topological polar surface area (TPSA) is 102 Å². The number of nitrogens with one attached hydrogen (secondary N) is 1.